The standard InChI is InChI=1S/C13H17N5O2/c14-12(20)8-5-10-11(7-2-1-3-9(19)4-7)17-18(15)13(10)16-6-8/h5-7,9,19H,1-4,15H2,(H2,14,20). The third kappa shape index (κ3) is 2.09. The quantitative estimate of drug-likeness (QED) is 0.679. The minimum Gasteiger partial charge on any atom is -0.393 e. The third-order valence-electron chi connectivity index (χ3n) is 3.89. The molecule has 0 bridgehead atoms. The molecule has 7 heteroatoms. The lowest BCUT2D eigenvalue weighted by atomic mass is 9.84. The number of nitrogen functional groups attached to an aromatic ring is 1. The number of carbonyl (C=O) groups is 1. The van der Waals surface area contributed by atoms with E-state index >= 15 is 0 Å². The summed E-state index contributed by atoms with van der Waals surface area (Å²) in [5.74, 6) is 5.42. The van der Waals surface area contributed by atoms with Crippen LogP contribution in [0.4, 0.5) is 0 Å². The van der Waals surface area contributed by atoms with E-state index in [-0.39, 0.29) is 12.0 Å². The first-order valence-corrected chi connectivity index (χ1v) is 6.68. The average molecular weight is 275 g/mol. The van der Waals surface area contributed by atoms with Crippen LogP contribution in [0.5, 0.6) is 0 Å². The summed E-state index contributed by atoms with van der Waals surface area (Å²) in [5, 5.41) is 14.9. The van der Waals surface area contributed by atoms with Crippen LogP contribution in [0.1, 0.15) is 47.7 Å². The number of nitrogens with two attached hydrogens (primary N) is 2. The number of aliphatic hydroxyl groups is 1. The lowest BCUT2D eigenvalue weighted by molar-refractivity contribution is 0.1000. The van der Waals surface area contributed by atoms with Gasteiger partial charge in [0.05, 0.1) is 17.4 Å². The van der Waals surface area contributed by atoms with Crippen molar-refractivity contribution in [1.29, 1.82) is 0 Å². The lowest BCUT2D eigenvalue weighted by Gasteiger charge is -2.24. The van der Waals surface area contributed by atoms with Gasteiger partial charge in [0.1, 0.15) is 0 Å². The first-order chi connectivity index (χ1) is 9.56. The summed E-state index contributed by atoms with van der Waals surface area (Å²) in [6.45, 7) is 0. The number of hydrogen-bond donors (Lipinski definition) is 3. The smallest absolute Gasteiger partial charge is 0.250 e. The van der Waals surface area contributed by atoms with Crippen LogP contribution in [0.15, 0.2) is 12.3 Å². The molecule has 2 unspecified atom stereocenters. The van der Waals surface area contributed by atoms with Crippen molar-refractivity contribution in [1.82, 2.24) is 14.9 Å². The van der Waals surface area contributed by atoms with Gasteiger partial charge in [-0.2, -0.15) is 9.89 Å². The molecule has 7 nitrogen and oxygen atoms in total. The van der Waals surface area contributed by atoms with Crippen LogP contribution in [0.2, 0.25) is 0 Å². The maximum atomic E-state index is 11.3. The van der Waals surface area contributed by atoms with E-state index in [2.05, 4.69) is 10.1 Å². The van der Waals surface area contributed by atoms with Crippen molar-refractivity contribution in [2.45, 2.75) is 37.7 Å². The number of aromatic nitrogens is 3. The molecule has 0 spiro atoms. The molecule has 1 amide bonds. The number of carbonyl (C=O) groups excluding carboxylic acids is 1. The Morgan fingerprint density at radius 1 is 1.45 bits per heavy atom. The molecule has 0 aromatic carbocycles. The monoisotopic (exact) mass is 275 g/mol. The van der Waals surface area contributed by atoms with E-state index in [1.807, 2.05) is 0 Å². The van der Waals surface area contributed by atoms with Gasteiger partial charge in [0.25, 0.3) is 0 Å². The Balaban J connectivity index is 2.09. The van der Waals surface area contributed by atoms with Crippen LogP contribution in [-0.4, -0.2) is 32.0 Å². The molecule has 2 atom stereocenters. The molecule has 20 heavy (non-hydrogen) atoms. The van der Waals surface area contributed by atoms with Gasteiger partial charge in [-0.1, -0.05) is 6.42 Å². The lowest BCUT2D eigenvalue weighted by Crippen LogP contribution is -2.19. The number of pyridine rings is 1. The molecule has 2 aromatic heterocycles. The van der Waals surface area contributed by atoms with E-state index in [0.717, 1.165) is 30.3 Å². The summed E-state index contributed by atoms with van der Waals surface area (Å²) >= 11 is 0. The largest absolute Gasteiger partial charge is 0.393 e. The van der Waals surface area contributed by atoms with Gasteiger partial charge in [-0.3, -0.25) is 4.79 Å². The molecule has 1 aliphatic rings. The Morgan fingerprint density at radius 3 is 2.95 bits per heavy atom. The summed E-state index contributed by atoms with van der Waals surface area (Å²) in [6.07, 6.45) is 4.47. The number of nitrogens with zero attached hydrogens (tertiary/aromatic N) is 3. The number of hydrogen-bond acceptors (Lipinski definition) is 5. The van der Waals surface area contributed by atoms with Crippen LogP contribution >= 0.6 is 0 Å². The van der Waals surface area contributed by atoms with Gasteiger partial charge >= 0.3 is 0 Å². The fourth-order valence-electron chi connectivity index (χ4n) is 2.89. The summed E-state index contributed by atoms with van der Waals surface area (Å²) in [7, 11) is 0. The molecule has 3 rings (SSSR count). The van der Waals surface area contributed by atoms with Crippen molar-refractivity contribution >= 4 is 16.9 Å². The molecule has 1 fully saturated rings. The summed E-state index contributed by atoms with van der Waals surface area (Å²) < 4.78 is 0. The zero-order chi connectivity index (χ0) is 14.3. The van der Waals surface area contributed by atoms with Crippen LogP contribution in [0.3, 0.4) is 0 Å². The predicted molar refractivity (Wildman–Crippen MR) is 73.4 cm³/mol. The van der Waals surface area contributed by atoms with Crippen LogP contribution in [0, 0.1) is 0 Å². The van der Waals surface area contributed by atoms with Gasteiger partial charge in [-0.05, 0) is 25.3 Å². The molecule has 1 aliphatic carbocycles. The minimum atomic E-state index is -0.529. The van der Waals surface area contributed by atoms with E-state index in [9.17, 15) is 9.90 Å². The maximum absolute atomic E-state index is 11.3. The normalized spacial score (nSPS) is 23.1. The molecule has 1 saturated carbocycles. The van der Waals surface area contributed by atoms with Crippen LogP contribution < -0.4 is 11.6 Å². The molecule has 0 aliphatic heterocycles. The summed E-state index contributed by atoms with van der Waals surface area (Å²) in [5.41, 5.74) is 6.93. The Hall–Kier alpha value is -2.15. The maximum Gasteiger partial charge on any atom is 0.250 e. The molecule has 2 aromatic rings. The number of rotatable bonds is 2. The number of fused-ring (bicyclic) bond motifs is 1. The second-order valence-corrected chi connectivity index (χ2v) is 5.31. The minimum absolute atomic E-state index is 0.135. The highest BCUT2D eigenvalue weighted by atomic mass is 16.3. The fraction of sp³-hybridized carbons (Fsp3) is 0.462. The van der Waals surface area contributed by atoms with Crippen molar-refractivity contribution in [3.05, 3.63) is 23.5 Å². The summed E-state index contributed by atoms with van der Waals surface area (Å²) in [4.78, 5) is 16.6. The zero-order valence-electron chi connectivity index (χ0n) is 11.0. The van der Waals surface area contributed by atoms with E-state index < -0.39 is 5.91 Å². The highest BCUT2D eigenvalue weighted by Crippen LogP contribution is 2.35. The highest BCUT2D eigenvalue weighted by Gasteiger charge is 2.26. The first kappa shape index (κ1) is 12.9. The van der Waals surface area contributed by atoms with Crippen molar-refractivity contribution in [2.75, 3.05) is 5.84 Å². The van der Waals surface area contributed by atoms with Gasteiger partial charge in [0, 0.05) is 17.5 Å². The number of primary amides is 1. The topological polar surface area (TPSA) is 120 Å². The zero-order valence-corrected chi connectivity index (χ0v) is 11.0. The van der Waals surface area contributed by atoms with Gasteiger partial charge in [-0.25, -0.2) is 4.98 Å². The predicted octanol–water partition coefficient (Wildman–Crippen LogP) is 0.262. The second-order valence-electron chi connectivity index (χ2n) is 5.31. The average Bonchev–Trinajstić information content (AvgIpc) is 2.76. The molecular formula is C13H17N5O2. The first-order valence-electron chi connectivity index (χ1n) is 6.68. The van der Waals surface area contributed by atoms with Crippen molar-refractivity contribution in [3.63, 3.8) is 0 Å². The van der Waals surface area contributed by atoms with Gasteiger partial charge in [0.2, 0.25) is 5.91 Å². The highest BCUT2D eigenvalue weighted by molar-refractivity contribution is 5.96. The molecule has 0 radical (unpaired) electrons. The molecule has 2 heterocycles. The third-order valence-corrected chi connectivity index (χ3v) is 3.89. The fourth-order valence-corrected chi connectivity index (χ4v) is 2.89. The van der Waals surface area contributed by atoms with Crippen molar-refractivity contribution in [2.24, 2.45) is 5.73 Å². The van der Waals surface area contributed by atoms with Gasteiger partial charge in [0.15, 0.2) is 5.65 Å². The van der Waals surface area contributed by atoms with Gasteiger partial charge < -0.3 is 16.7 Å². The van der Waals surface area contributed by atoms with E-state index in [1.165, 1.54) is 11.0 Å². The Bertz CT molecular complexity index is 666. The van der Waals surface area contributed by atoms with E-state index in [4.69, 9.17) is 11.6 Å². The summed E-state index contributed by atoms with van der Waals surface area (Å²) in [6, 6.07) is 1.68. The van der Waals surface area contributed by atoms with Crippen molar-refractivity contribution in [3.8, 4) is 0 Å². The number of aliphatic hydroxyl groups excluding tert-OH is 1. The van der Waals surface area contributed by atoms with Crippen LogP contribution in [-0.2, 0) is 0 Å². The second kappa shape index (κ2) is 4.75. The van der Waals surface area contributed by atoms with E-state index in [1.54, 1.807) is 6.07 Å². The molecular weight excluding hydrogens is 258 g/mol. The molecule has 106 valence electrons. The molecule has 0 saturated heterocycles. The Labute approximate surface area is 115 Å². The van der Waals surface area contributed by atoms with Crippen LogP contribution in [0.25, 0.3) is 11.0 Å². The van der Waals surface area contributed by atoms with Gasteiger partial charge in [-0.15, -0.1) is 0 Å². The SMILES string of the molecule is NC(=O)c1cnc2c(c1)c(C1CCCC(O)C1)nn2N. The Kier molecular flexibility index (Phi) is 3.06. The van der Waals surface area contributed by atoms with E-state index in [0.29, 0.717) is 17.6 Å². The molecule has 5 N–H and O–H groups in total. The number of amides is 1. The van der Waals surface area contributed by atoms with Crippen molar-refractivity contribution < 1.29 is 9.90 Å². The Morgan fingerprint density at radius 2 is 2.25 bits per heavy atom.